The second-order valence-electron chi connectivity index (χ2n) is 2.09. The van der Waals surface area contributed by atoms with Crippen molar-refractivity contribution in [2.24, 2.45) is 0 Å². The van der Waals surface area contributed by atoms with Gasteiger partial charge in [0.05, 0.1) is 6.26 Å². The van der Waals surface area contributed by atoms with E-state index >= 15 is 0 Å². The minimum Gasteiger partial charge on any atom is -0.500 e. The average molecular weight is 129 g/mol. The van der Waals surface area contributed by atoms with E-state index in [0.717, 1.165) is 6.54 Å². The molecule has 0 aromatic rings. The minimum absolute atomic E-state index is 0.479. The van der Waals surface area contributed by atoms with Crippen molar-refractivity contribution < 1.29 is 9.84 Å². The smallest absolute Gasteiger partial charge is 0.129 e. The highest BCUT2D eigenvalue weighted by Gasteiger charge is 2.08. The summed E-state index contributed by atoms with van der Waals surface area (Å²) < 4.78 is 4.95. The van der Waals surface area contributed by atoms with Crippen LogP contribution in [0.5, 0.6) is 0 Å². The molecule has 1 rings (SSSR count). The standard InChI is InChI=1S/C6H11NO2/c1-7-3-5-9-4-2-6(7)8/h2,4,6,8H,3,5H2,1H3. The normalized spacial score (nSPS) is 29.3. The highest BCUT2D eigenvalue weighted by Crippen LogP contribution is 1.98. The van der Waals surface area contributed by atoms with Crippen LogP contribution >= 0.6 is 0 Å². The molecule has 0 saturated heterocycles. The Labute approximate surface area is 54.5 Å². The Morgan fingerprint density at radius 1 is 1.78 bits per heavy atom. The molecule has 3 nitrogen and oxygen atoms in total. The van der Waals surface area contributed by atoms with E-state index < -0.39 is 6.23 Å². The van der Waals surface area contributed by atoms with Gasteiger partial charge in [-0.2, -0.15) is 0 Å². The summed E-state index contributed by atoms with van der Waals surface area (Å²) in [5, 5.41) is 9.12. The third-order valence-electron chi connectivity index (χ3n) is 1.36. The van der Waals surface area contributed by atoms with Crippen molar-refractivity contribution in [1.29, 1.82) is 0 Å². The molecule has 0 radical (unpaired) electrons. The Bertz CT molecular complexity index is 114. The molecule has 3 heteroatoms. The van der Waals surface area contributed by atoms with Crippen LogP contribution in [-0.4, -0.2) is 36.4 Å². The van der Waals surface area contributed by atoms with Gasteiger partial charge in [-0.1, -0.05) is 0 Å². The van der Waals surface area contributed by atoms with Crippen LogP contribution in [0.1, 0.15) is 0 Å². The molecule has 9 heavy (non-hydrogen) atoms. The van der Waals surface area contributed by atoms with Gasteiger partial charge in [-0.25, -0.2) is 0 Å². The summed E-state index contributed by atoms with van der Waals surface area (Å²) in [5.41, 5.74) is 0. The number of aliphatic hydroxyl groups excluding tert-OH is 1. The molecule has 1 unspecified atom stereocenters. The number of ether oxygens (including phenoxy) is 1. The summed E-state index contributed by atoms with van der Waals surface area (Å²) in [4.78, 5) is 1.81. The Morgan fingerprint density at radius 2 is 2.56 bits per heavy atom. The molecule has 1 aliphatic rings. The third kappa shape index (κ3) is 1.69. The van der Waals surface area contributed by atoms with Gasteiger partial charge >= 0.3 is 0 Å². The van der Waals surface area contributed by atoms with E-state index in [0.29, 0.717) is 6.61 Å². The molecular formula is C6H11NO2. The van der Waals surface area contributed by atoms with Crippen LogP contribution in [0.25, 0.3) is 0 Å². The van der Waals surface area contributed by atoms with E-state index in [9.17, 15) is 0 Å². The molecule has 0 aromatic carbocycles. The quantitative estimate of drug-likeness (QED) is 0.491. The first kappa shape index (κ1) is 6.58. The van der Waals surface area contributed by atoms with E-state index in [2.05, 4.69) is 0 Å². The van der Waals surface area contributed by atoms with Crippen molar-refractivity contribution in [3.63, 3.8) is 0 Å². The molecule has 0 amide bonds. The third-order valence-corrected chi connectivity index (χ3v) is 1.36. The number of hydrogen-bond acceptors (Lipinski definition) is 3. The molecule has 1 heterocycles. The molecule has 0 fully saturated rings. The predicted molar refractivity (Wildman–Crippen MR) is 33.7 cm³/mol. The van der Waals surface area contributed by atoms with Crippen LogP contribution in [0.3, 0.4) is 0 Å². The van der Waals surface area contributed by atoms with Crippen LogP contribution in [-0.2, 0) is 4.74 Å². The predicted octanol–water partition coefficient (Wildman–Crippen LogP) is -0.219. The summed E-state index contributed by atoms with van der Waals surface area (Å²) in [6, 6.07) is 0. The van der Waals surface area contributed by atoms with E-state index in [1.807, 2.05) is 11.9 Å². The van der Waals surface area contributed by atoms with Crippen molar-refractivity contribution in [1.82, 2.24) is 4.90 Å². The number of nitrogens with zero attached hydrogens (tertiary/aromatic N) is 1. The molecule has 0 bridgehead atoms. The van der Waals surface area contributed by atoms with Crippen LogP contribution < -0.4 is 0 Å². The first-order valence-corrected chi connectivity index (χ1v) is 2.97. The van der Waals surface area contributed by atoms with Crippen molar-refractivity contribution in [2.45, 2.75) is 6.23 Å². The maximum Gasteiger partial charge on any atom is 0.129 e. The lowest BCUT2D eigenvalue weighted by Crippen LogP contribution is -2.30. The molecule has 52 valence electrons. The highest BCUT2D eigenvalue weighted by atomic mass is 16.5. The fourth-order valence-corrected chi connectivity index (χ4v) is 0.670. The summed E-state index contributed by atoms with van der Waals surface area (Å²) in [7, 11) is 1.85. The van der Waals surface area contributed by atoms with Gasteiger partial charge in [0.15, 0.2) is 0 Å². The topological polar surface area (TPSA) is 32.7 Å². The maximum absolute atomic E-state index is 9.12. The van der Waals surface area contributed by atoms with Crippen LogP contribution in [0.15, 0.2) is 12.3 Å². The van der Waals surface area contributed by atoms with Gasteiger partial charge in [-0.15, -0.1) is 0 Å². The van der Waals surface area contributed by atoms with Crippen molar-refractivity contribution in [2.75, 3.05) is 20.2 Å². The Morgan fingerprint density at radius 3 is 3.33 bits per heavy atom. The molecule has 1 aliphatic heterocycles. The SMILES string of the molecule is CN1CCOC=CC1O. The molecule has 1 N–H and O–H groups in total. The van der Waals surface area contributed by atoms with Crippen LogP contribution in [0.2, 0.25) is 0 Å². The zero-order valence-electron chi connectivity index (χ0n) is 5.45. The Hall–Kier alpha value is -0.540. The minimum atomic E-state index is -0.479. The highest BCUT2D eigenvalue weighted by molar-refractivity contribution is 4.84. The van der Waals surface area contributed by atoms with E-state index in [1.54, 1.807) is 6.08 Å². The van der Waals surface area contributed by atoms with Gasteiger partial charge in [0.2, 0.25) is 0 Å². The molecule has 0 saturated carbocycles. The lowest BCUT2D eigenvalue weighted by molar-refractivity contribution is 0.0602. The average Bonchev–Trinajstić information content (AvgIpc) is 1.99. The summed E-state index contributed by atoms with van der Waals surface area (Å²) >= 11 is 0. The first-order chi connectivity index (χ1) is 4.30. The zero-order valence-corrected chi connectivity index (χ0v) is 5.45. The van der Waals surface area contributed by atoms with Gasteiger partial charge in [0.25, 0.3) is 0 Å². The second-order valence-corrected chi connectivity index (χ2v) is 2.09. The fourth-order valence-electron chi connectivity index (χ4n) is 0.670. The lowest BCUT2D eigenvalue weighted by Gasteiger charge is -2.16. The molecule has 1 atom stereocenters. The van der Waals surface area contributed by atoms with Gasteiger partial charge < -0.3 is 9.84 Å². The summed E-state index contributed by atoms with van der Waals surface area (Å²) in [6.45, 7) is 1.43. The van der Waals surface area contributed by atoms with Gasteiger partial charge in [-0.3, -0.25) is 4.90 Å². The number of likely N-dealkylation sites (N-methyl/N-ethyl adjacent to an activating group) is 1. The lowest BCUT2D eigenvalue weighted by atomic mass is 10.5. The number of hydrogen-bond donors (Lipinski definition) is 1. The summed E-state index contributed by atoms with van der Waals surface area (Å²) in [6.07, 6.45) is 2.67. The van der Waals surface area contributed by atoms with Crippen LogP contribution in [0.4, 0.5) is 0 Å². The Kier molecular flexibility index (Phi) is 2.08. The van der Waals surface area contributed by atoms with Crippen molar-refractivity contribution >= 4 is 0 Å². The van der Waals surface area contributed by atoms with Crippen molar-refractivity contribution in [3.05, 3.63) is 12.3 Å². The molecule has 0 aliphatic carbocycles. The fraction of sp³-hybridized carbons (Fsp3) is 0.667. The second kappa shape index (κ2) is 2.85. The van der Waals surface area contributed by atoms with Gasteiger partial charge in [0.1, 0.15) is 12.8 Å². The van der Waals surface area contributed by atoms with E-state index in [1.165, 1.54) is 6.26 Å². The molecule has 0 spiro atoms. The van der Waals surface area contributed by atoms with E-state index in [4.69, 9.17) is 9.84 Å². The largest absolute Gasteiger partial charge is 0.500 e. The first-order valence-electron chi connectivity index (χ1n) is 2.97. The number of rotatable bonds is 0. The molecular weight excluding hydrogens is 118 g/mol. The monoisotopic (exact) mass is 129 g/mol. The Balaban J connectivity index is 2.46. The zero-order chi connectivity index (χ0) is 6.69. The van der Waals surface area contributed by atoms with Gasteiger partial charge in [-0.05, 0) is 13.1 Å². The van der Waals surface area contributed by atoms with Crippen LogP contribution in [0, 0.1) is 0 Å². The van der Waals surface area contributed by atoms with Gasteiger partial charge in [0, 0.05) is 6.54 Å². The van der Waals surface area contributed by atoms with E-state index in [-0.39, 0.29) is 0 Å². The number of aliphatic hydroxyl groups is 1. The van der Waals surface area contributed by atoms with Crippen molar-refractivity contribution in [3.8, 4) is 0 Å². The maximum atomic E-state index is 9.12. The summed E-state index contributed by atoms with van der Waals surface area (Å²) in [5.74, 6) is 0. The molecule has 0 aromatic heterocycles.